The first-order valence-corrected chi connectivity index (χ1v) is 19.5. The van der Waals surface area contributed by atoms with Crippen LogP contribution in [0.25, 0.3) is 0 Å². The van der Waals surface area contributed by atoms with Gasteiger partial charge in [0.15, 0.2) is 5.60 Å². The Morgan fingerprint density at radius 2 is 1.89 bits per heavy atom. The molecule has 5 atom stereocenters. The van der Waals surface area contributed by atoms with Gasteiger partial charge in [-0.2, -0.15) is 0 Å². The molecule has 8 nitrogen and oxygen atoms in total. The van der Waals surface area contributed by atoms with E-state index in [1.165, 1.54) is 5.19 Å². The van der Waals surface area contributed by atoms with Gasteiger partial charge in [-0.05, 0) is 70.4 Å². The molecule has 45 heavy (non-hydrogen) atoms. The molecule has 1 spiro atoms. The number of nitrogens with zero attached hydrogens (tertiary/aromatic N) is 4. The van der Waals surface area contributed by atoms with Crippen LogP contribution in [-0.2, 0) is 21.7 Å². The zero-order valence-corrected chi connectivity index (χ0v) is 29.2. The molecule has 4 aromatic rings. The minimum atomic E-state index is -2.26. The molecule has 1 aromatic heterocycles. The van der Waals surface area contributed by atoms with Gasteiger partial charge >= 0.3 is 0 Å². The monoisotopic (exact) mass is 734 g/mol. The number of hydrogen-bond acceptors (Lipinski definition) is 6. The quantitative estimate of drug-likeness (QED) is 0.126. The predicted octanol–water partition coefficient (Wildman–Crippen LogP) is 5.81. The Labute approximate surface area is 279 Å². The summed E-state index contributed by atoms with van der Waals surface area (Å²) in [5.41, 5.74) is 2.12. The molecule has 0 bridgehead atoms. The van der Waals surface area contributed by atoms with Gasteiger partial charge in [0.2, 0.25) is 0 Å². The summed E-state index contributed by atoms with van der Waals surface area (Å²) in [6.07, 6.45) is 3.15. The van der Waals surface area contributed by atoms with E-state index >= 15 is 0 Å². The Morgan fingerprint density at radius 3 is 2.58 bits per heavy atom. The Hall–Kier alpha value is -3.32. The molecule has 1 fully saturated rings. The van der Waals surface area contributed by atoms with Crippen LogP contribution in [0.4, 0.5) is 5.69 Å². The summed E-state index contributed by atoms with van der Waals surface area (Å²) in [7, 11) is -0.582. The fourth-order valence-corrected chi connectivity index (χ4v) is 12.0. The summed E-state index contributed by atoms with van der Waals surface area (Å²) in [5, 5.41) is 20.8. The Morgan fingerprint density at radius 1 is 1.16 bits per heavy atom. The third kappa shape index (κ3) is 5.45. The summed E-state index contributed by atoms with van der Waals surface area (Å²) >= 11 is 2.32. The lowest BCUT2D eigenvalue weighted by Crippen LogP contribution is -2.51. The van der Waals surface area contributed by atoms with Gasteiger partial charge in [0.1, 0.15) is 17.5 Å². The molecule has 2 aliphatic rings. The number of amides is 1. The van der Waals surface area contributed by atoms with E-state index < -0.39 is 19.8 Å². The van der Waals surface area contributed by atoms with Gasteiger partial charge in [0.25, 0.3) is 5.91 Å². The van der Waals surface area contributed by atoms with Gasteiger partial charge in [-0.15, -0.1) is 11.7 Å². The SMILES string of the molecule is C=CCN1C(=O)[C@]2(O[C@H](CCn3cc([C@H](O)c4ccccc4)nn3)[C@@H]([Si](C)(C)c3ccc(OC)cc3)[C@@H]2C)c2cc(I)ccc21. The minimum Gasteiger partial charge on any atom is -0.497 e. The molecule has 0 saturated carbocycles. The highest BCUT2D eigenvalue weighted by Crippen LogP contribution is 2.60. The average molecular weight is 735 g/mol. The lowest BCUT2D eigenvalue weighted by molar-refractivity contribution is -0.145. The minimum absolute atomic E-state index is 0.0204. The smallest absolute Gasteiger partial charge is 0.264 e. The number of rotatable bonds is 10. The number of hydrogen-bond donors (Lipinski definition) is 1. The molecule has 1 amide bonds. The summed E-state index contributed by atoms with van der Waals surface area (Å²) < 4.78 is 15.5. The number of anilines is 1. The van der Waals surface area contributed by atoms with Gasteiger partial charge < -0.3 is 19.5 Å². The second kappa shape index (κ2) is 12.5. The molecular weight excluding hydrogens is 695 g/mol. The largest absolute Gasteiger partial charge is 0.497 e. The van der Waals surface area contributed by atoms with E-state index in [9.17, 15) is 9.90 Å². The highest BCUT2D eigenvalue weighted by Gasteiger charge is 2.66. The van der Waals surface area contributed by atoms with E-state index in [0.29, 0.717) is 25.2 Å². The Balaban J connectivity index is 1.37. The first-order chi connectivity index (χ1) is 21.6. The second-order valence-electron chi connectivity index (χ2n) is 12.5. The van der Waals surface area contributed by atoms with E-state index in [1.807, 2.05) is 59.5 Å². The van der Waals surface area contributed by atoms with Crippen LogP contribution in [0.1, 0.15) is 36.3 Å². The Kier molecular flexibility index (Phi) is 8.77. The first-order valence-electron chi connectivity index (χ1n) is 15.3. The van der Waals surface area contributed by atoms with Crippen LogP contribution in [0.2, 0.25) is 18.6 Å². The van der Waals surface area contributed by atoms with Gasteiger partial charge in [-0.3, -0.25) is 9.48 Å². The fourth-order valence-electron chi connectivity index (χ4n) is 7.48. The standard InChI is InChI=1S/C35H39IN4O4Si/c1-6-19-40-30-17-12-25(36)21-28(30)35(34(40)42)23(2)33(45(4,5)27-15-13-26(43-3)14-16-27)31(44-35)18-20-39-22-29(37-38-39)32(41)24-10-8-7-9-11-24/h6-17,21-23,31-33,41H,1,18-20H2,2-5H3/t23-,31+,32+,33-,35+/m0/s1. The first kappa shape index (κ1) is 31.7. The molecule has 0 aliphatic carbocycles. The number of carbonyl (C=O) groups excluding carboxylic acids is 1. The maximum Gasteiger partial charge on any atom is 0.264 e. The van der Waals surface area contributed by atoms with Crippen LogP contribution >= 0.6 is 22.6 Å². The van der Waals surface area contributed by atoms with Gasteiger partial charge in [0, 0.05) is 28.1 Å². The van der Waals surface area contributed by atoms with Crippen molar-refractivity contribution in [3.8, 4) is 5.75 Å². The summed E-state index contributed by atoms with van der Waals surface area (Å²) in [6.45, 7) is 11.8. The predicted molar refractivity (Wildman–Crippen MR) is 186 cm³/mol. The Bertz CT molecular complexity index is 1700. The fraction of sp³-hybridized carbons (Fsp3) is 0.343. The summed E-state index contributed by atoms with van der Waals surface area (Å²) in [5.74, 6) is 0.714. The second-order valence-corrected chi connectivity index (χ2v) is 18.5. The van der Waals surface area contributed by atoms with Crippen molar-refractivity contribution < 1.29 is 19.4 Å². The number of halogens is 1. The maximum absolute atomic E-state index is 14.5. The molecule has 1 saturated heterocycles. The molecule has 0 unspecified atom stereocenters. The number of ether oxygens (including phenoxy) is 2. The normalized spacial score (nSPS) is 23.4. The van der Waals surface area contributed by atoms with E-state index in [4.69, 9.17) is 9.47 Å². The van der Waals surface area contributed by atoms with Gasteiger partial charge in [-0.25, -0.2) is 0 Å². The number of aromatic nitrogens is 3. The van der Waals surface area contributed by atoms with Crippen molar-refractivity contribution in [1.82, 2.24) is 15.0 Å². The summed E-state index contributed by atoms with van der Waals surface area (Å²) in [4.78, 5) is 16.3. The number of aliphatic hydroxyl groups is 1. The molecule has 6 rings (SSSR count). The third-order valence-corrected chi connectivity index (χ3v) is 14.7. The lowest BCUT2D eigenvalue weighted by Gasteiger charge is -2.37. The van der Waals surface area contributed by atoms with Crippen molar-refractivity contribution in [1.29, 1.82) is 0 Å². The zero-order valence-electron chi connectivity index (χ0n) is 26.1. The lowest BCUT2D eigenvalue weighted by atomic mass is 9.82. The van der Waals surface area contributed by atoms with E-state index in [1.54, 1.807) is 24.1 Å². The number of aryl methyl sites for hydroxylation is 1. The van der Waals surface area contributed by atoms with Crippen molar-refractivity contribution in [3.63, 3.8) is 0 Å². The van der Waals surface area contributed by atoms with Crippen molar-refractivity contribution in [2.45, 2.75) is 56.3 Å². The van der Waals surface area contributed by atoms with Crippen LogP contribution in [0, 0.1) is 9.49 Å². The average Bonchev–Trinajstić information content (AvgIpc) is 3.71. The molecule has 234 valence electrons. The number of methoxy groups -OCH3 is 1. The molecule has 10 heteroatoms. The molecule has 1 N–H and O–H groups in total. The molecule has 3 aromatic carbocycles. The van der Waals surface area contributed by atoms with E-state index in [0.717, 1.165) is 26.1 Å². The van der Waals surface area contributed by atoms with Crippen LogP contribution in [0.3, 0.4) is 0 Å². The highest BCUT2D eigenvalue weighted by molar-refractivity contribution is 14.1. The van der Waals surface area contributed by atoms with Crippen molar-refractivity contribution in [2.24, 2.45) is 5.92 Å². The van der Waals surface area contributed by atoms with E-state index in [2.05, 4.69) is 77.7 Å². The van der Waals surface area contributed by atoms with Crippen molar-refractivity contribution in [2.75, 3.05) is 18.6 Å². The molecule has 2 aliphatic heterocycles. The molecule has 0 radical (unpaired) electrons. The third-order valence-electron chi connectivity index (χ3n) is 9.70. The number of carbonyl (C=O) groups is 1. The number of fused-ring (bicyclic) bond motifs is 2. The van der Waals surface area contributed by atoms with Crippen molar-refractivity contribution >= 4 is 47.4 Å². The number of benzene rings is 3. The van der Waals surface area contributed by atoms with E-state index in [-0.39, 0.29) is 23.5 Å². The molecule has 3 heterocycles. The topological polar surface area (TPSA) is 89.7 Å². The number of aliphatic hydroxyl groups excluding tert-OH is 1. The van der Waals surface area contributed by atoms with Crippen LogP contribution in [0.15, 0.2) is 91.6 Å². The van der Waals surface area contributed by atoms with Crippen molar-refractivity contribution in [3.05, 3.63) is 112 Å². The van der Waals surface area contributed by atoms with Crippen LogP contribution in [0.5, 0.6) is 5.75 Å². The van der Waals surface area contributed by atoms with Crippen LogP contribution < -0.4 is 14.8 Å². The highest BCUT2D eigenvalue weighted by atomic mass is 127. The maximum atomic E-state index is 14.5. The molecular formula is C35H39IN4O4Si. The van der Waals surface area contributed by atoms with Crippen LogP contribution in [-0.4, -0.2) is 53.8 Å². The summed E-state index contributed by atoms with van der Waals surface area (Å²) in [6, 6.07) is 24.0. The zero-order chi connectivity index (χ0) is 31.9. The van der Waals surface area contributed by atoms with Gasteiger partial charge in [0.05, 0.1) is 33.2 Å². The van der Waals surface area contributed by atoms with Gasteiger partial charge in [-0.1, -0.05) is 79.0 Å².